The predicted octanol–water partition coefficient (Wildman–Crippen LogP) is 3.15. The number of rotatable bonds is 2. The summed E-state index contributed by atoms with van der Waals surface area (Å²) in [6.45, 7) is 3.20. The SMILES string of the molecule is Cc1nc(-c2c(N)nsc2N2CC3CCC2C3)cs1. The van der Waals surface area contributed by atoms with Gasteiger partial charge in [-0.1, -0.05) is 0 Å². The van der Waals surface area contributed by atoms with Gasteiger partial charge in [-0.05, 0) is 43.6 Å². The molecular weight excluding hydrogens is 276 g/mol. The molecule has 1 aliphatic carbocycles. The summed E-state index contributed by atoms with van der Waals surface area (Å²) in [7, 11) is 0. The Labute approximate surface area is 120 Å². The minimum absolute atomic E-state index is 0.632. The summed E-state index contributed by atoms with van der Waals surface area (Å²) in [6, 6.07) is 0.698. The minimum atomic E-state index is 0.632. The number of nitrogen functional groups attached to an aromatic ring is 1. The van der Waals surface area contributed by atoms with Gasteiger partial charge in [0.1, 0.15) is 10.8 Å². The molecule has 2 unspecified atom stereocenters. The fraction of sp³-hybridized carbons (Fsp3) is 0.538. The molecule has 2 aliphatic rings. The average Bonchev–Trinajstić information content (AvgIpc) is 3.11. The minimum Gasteiger partial charge on any atom is -0.382 e. The second-order valence-electron chi connectivity index (χ2n) is 5.48. The molecule has 1 aliphatic heterocycles. The van der Waals surface area contributed by atoms with Crippen molar-refractivity contribution < 1.29 is 0 Å². The first-order valence-electron chi connectivity index (χ1n) is 6.66. The van der Waals surface area contributed by atoms with E-state index in [4.69, 9.17) is 5.73 Å². The van der Waals surface area contributed by atoms with Crippen LogP contribution in [0.15, 0.2) is 5.38 Å². The Hall–Kier alpha value is -1.14. The molecule has 2 aromatic heterocycles. The van der Waals surface area contributed by atoms with Crippen LogP contribution in [-0.2, 0) is 0 Å². The second kappa shape index (κ2) is 4.18. The van der Waals surface area contributed by atoms with Gasteiger partial charge in [0.2, 0.25) is 0 Å². The number of fused-ring (bicyclic) bond motifs is 2. The third kappa shape index (κ3) is 1.77. The Morgan fingerprint density at radius 2 is 2.32 bits per heavy atom. The van der Waals surface area contributed by atoms with Gasteiger partial charge in [0.25, 0.3) is 0 Å². The monoisotopic (exact) mass is 292 g/mol. The van der Waals surface area contributed by atoms with E-state index in [1.165, 1.54) is 42.3 Å². The van der Waals surface area contributed by atoms with E-state index in [0.29, 0.717) is 11.9 Å². The molecule has 2 N–H and O–H groups in total. The van der Waals surface area contributed by atoms with Crippen LogP contribution in [0.2, 0.25) is 0 Å². The summed E-state index contributed by atoms with van der Waals surface area (Å²) in [5, 5.41) is 4.40. The molecule has 19 heavy (non-hydrogen) atoms. The van der Waals surface area contributed by atoms with Crippen molar-refractivity contribution in [2.24, 2.45) is 5.92 Å². The van der Waals surface area contributed by atoms with Crippen LogP contribution < -0.4 is 10.6 Å². The Morgan fingerprint density at radius 1 is 1.42 bits per heavy atom. The van der Waals surface area contributed by atoms with E-state index in [2.05, 4.69) is 19.6 Å². The number of nitrogens with two attached hydrogens (primary N) is 1. The Balaban J connectivity index is 1.77. The Morgan fingerprint density at radius 3 is 2.95 bits per heavy atom. The number of hydrogen-bond acceptors (Lipinski definition) is 6. The van der Waals surface area contributed by atoms with Crippen LogP contribution in [0.1, 0.15) is 24.3 Å². The second-order valence-corrected chi connectivity index (χ2v) is 7.30. The van der Waals surface area contributed by atoms with Crippen LogP contribution >= 0.6 is 22.9 Å². The number of nitrogens with zero attached hydrogens (tertiary/aromatic N) is 3. The summed E-state index contributed by atoms with van der Waals surface area (Å²) in [5.74, 6) is 1.51. The number of hydrogen-bond donors (Lipinski definition) is 1. The molecule has 4 nitrogen and oxygen atoms in total. The molecule has 0 aromatic carbocycles. The lowest BCUT2D eigenvalue weighted by atomic mass is 10.1. The summed E-state index contributed by atoms with van der Waals surface area (Å²) >= 11 is 3.20. The van der Waals surface area contributed by atoms with Gasteiger partial charge in [-0.25, -0.2) is 4.98 Å². The van der Waals surface area contributed by atoms with Gasteiger partial charge in [0.05, 0.1) is 16.3 Å². The van der Waals surface area contributed by atoms with Crippen LogP contribution in [0.4, 0.5) is 10.8 Å². The van der Waals surface area contributed by atoms with Gasteiger partial charge in [-0.2, -0.15) is 4.37 Å². The van der Waals surface area contributed by atoms with Gasteiger partial charge in [0.15, 0.2) is 0 Å². The first-order valence-corrected chi connectivity index (χ1v) is 8.32. The molecule has 0 radical (unpaired) electrons. The molecule has 3 heterocycles. The smallest absolute Gasteiger partial charge is 0.148 e. The highest BCUT2D eigenvalue weighted by Crippen LogP contribution is 2.47. The van der Waals surface area contributed by atoms with Gasteiger partial charge in [-0.3, -0.25) is 0 Å². The molecule has 0 spiro atoms. The highest BCUT2D eigenvalue weighted by atomic mass is 32.1. The van der Waals surface area contributed by atoms with E-state index in [1.807, 2.05) is 6.92 Å². The van der Waals surface area contributed by atoms with Crippen LogP contribution in [0, 0.1) is 12.8 Å². The maximum absolute atomic E-state index is 6.09. The Bertz CT molecular complexity index is 618. The average molecular weight is 292 g/mol. The van der Waals surface area contributed by atoms with E-state index in [1.54, 1.807) is 11.3 Å². The number of anilines is 2. The Kier molecular flexibility index (Phi) is 2.57. The van der Waals surface area contributed by atoms with Crippen molar-refractivity contribution in [3.63, 3.8) is 0 Å². The van der Waals surface area contributed by atoms with E-state index in [0.717, 1.165) is 22.2 Å². The van der Waals surface area contributed by atoms with Gasteiger partial charge in [0, 0.05) is 18.0 Å². The quantitative estimate of drug-likeness (QED) is 0.924. The van der Waals surface area contributed by atoms with Crippen molar-refractivity contribution in [2.75, 3.05) is 17.2 Å². The fourth-order valence-electron chi connectivity index (χ4n) is 3.38. The zero-order valence-corrected chi connectivity index (χ0v) is 12.4. The molecule has 6 heteroatoms. The summed E-state index contributed by atoms with van der Waals surface area (Å²) < 4.78 is 4.37. The maximum Gasteiger partial charge on any atom is 0.148 e. The van der Waals surface area contributed by atoms with Crippen LogP contribution in [0.5, 0.6) is 0 Å². The van der Waals surface area contributed by atoms with Crippen LogP contribution in [0.3, 0.4) is 0 Å². The zero-order valence-electron chi connectivity index (χ0n) is 10.8. The molecule has 100 valence electrons. The van der Waals surface area contributed by atoms with Crippen LogP contribution in [0.25, 0.3) is 11.3 Å². The van der Waals surface area contributed by atoms with Gasteiger partial charge in [-0.15, -0.1) is 11.3 Å². The van der Waals surface area contributed by atoms with E-state index in [-0.39, 0.29) is 0 Å². The van der Waals surface area contributed by atoms with Crippen LogP contribution in [-0.4, -0.2) is 21.9 Å². The van der Waals surface area contributed by atoms with Crippen molar-refractivity contribution >= 4 is 33.7 Å². The highest BCUT2D eigenvalue weighted by Gasteiger charge is 2.40. The molecule has 2 fully saturated rings. The third-order valence-electron chi connectivity index (χ3n) is 4.25. The number of aryl methyl sites for hydroxylation is 1. The predicted molar refractivity (Wildman–Crippen MR) is 80.8 cm³/mol. The zero-order chi connectivity index (χ0) is 13.0. The molecule has 4 rings (SSSR count). The van der Waals surface area contributed by atoms with E-state index >= 15 is 0 Å². The van der Waals surface area contributed by atoms with E-state index < -0.39 is 0 Å². The number of piperidine rings is 1. The van der Waals surface area contributed by atoms with Gasteiger partial charge >= 0.3 is 0 Å². The normalized spacial score (nSPS) is 25.4. The number of aromatic nitrogens is 2. The first-order chi connectivity index (χ1) is 9.22. The molecule has 2 atom stereocenters. The molecule has 0 amide bonds. The topological polar surface area (TPSA) is 55.0 Å². The summed E-state index contributed by atoms with van der Waals surface area (Å²) in [5.41, 5.74) is 8.14. The van der Waals surface area contributed by atoms with Crippen molar-refractivity contribution in [2.45, 2.75) is 32.2 Å². The summed E-state index contributed by atoms with van der Waals surface area (Å²) in [4.78, 5) is 7.11. The first kappa shape index (κ1) is 11.7. The lowest BCUT2D eigenvalue weighted by Crippen LogP contribution is -2.31. The summed E-state index contributed by atoms with van der Waals surface area (Å²) in [6.07, 6.45) is 4.05. The molecule has 2 aromatic rings. The fourth-order valence-corrected chi connectivity index (χ4v) is 4.89. The molecule has 1 saturated heterocycles. The lowest BCUT2D eigenvalue weighted by molar-refractivity contribution is 0.556. The van der Waals surface area contributed by atoms with Crippen molar-refractivity contribution in [3.8, 4) is 11.3 Å². The molecular formula is C13H16N4S2. The lowest BCUT2D eigenvalue weighted by Gasteiger charge is -2.28. The van der Waals surface area contributed by atoms with Crippen molar-refractivity contribution in [1.29, 1.82) is 0 Å². The highest BCUT2D eigenvalue weighted by molar-refractivity contribution is 7.11. The molecule has 1 saturated carbocycles. The van der Waals surface area contributed by atoms with E-state index in [9.17, 15) is 0 Å². The number of thiazole rings is 1. The van der Waals surface area contributed by atoms with Crippen molar-refractivity contribution in [3.05, 3.63) is 10.4 Å². The van der Waals surface area contributed by atoms with Crippen molar-refractivity contribution in [1.82, 2.24) is 9.36 Å². The standard InChI is InChI=1S/C13H16N4S2/c1-7-15-10(6-18-7)11-12(14)16-19-13(11)17-5-8-2-3-9(17)4-8/h6,8-9H,2-5H2,1H3,(H2,14,16). The largest absolute Gasteiger partial charge is 0.382 e. The third-order valence-corrected chi connectivity index (χ3v) is 5.92. The van der Waals surface area contributed by atoms with Gasteiger partial charge < -0.3 is 10.6 Å². The molecule has 2 bridgehead atoms. The maximum atomic E-state index is 6.09.